The predicted octanol–water partition coefficient (Wildman–Crippen LogP) is 6.24. The van der Waals surface area contributed by atoms with Gasteiger partial charge in [0, 0.05) is 31.7 Å². The van der Waals surface area contributed by atoms with E-state index in [1.54, 1.807) is 26.0 Å². The van der Waals surface area contributed by atoms with E-state index in [0.717, 1.165) is 5.56 Å². The Labute approximate surface area is 226 Å². The van der Waals surface area contributed by atoms with E-state index in [1.165, 1.54) is 17.0 Å². The number of halogens is 10. The third-order valence-corrected chi connectivity index (χ3v) is 6.76. The summed E-state index contributed by atoms with van der Waals surface area (Å²) in [5, 5.41) is 0. The van der Waals surface area contributed by atoms with Gasteiger partial charge in [0.15, 0.2) is 47.3 Å². The van der Waals surface area contributed by atoms with Gasteiger partial charge in [-0.25, -0.2) is 35.1 Å². The molecule has 0 N–H and O–H groups in total. The van der Waals surface area contributed by atoms with Gasteiger partial charge in [0.2, 0.25) is 17.5 Å². The molecule has 0 radical (unpaired) electrons. The number of piperazine rings is 1. The van der Waals surface area contributed by atoms with Crippen LogP contribution in [0.4, 0.5) is 43.9 Å². The molecule has 3 aromatic rings. The minimum atomic E-state index is -2.68. The van der Waals surface area contributed by atoms with Crippen molar-refractivity contribution in [1.29, 1.82) is 0 Å². The van der Waals surface area contributed by atoms with Crippen LogP contribution in [0.2, 0.25) is 0 Å². The smallest absolute Gasteiger partial charge is 0.260 e. The Morgan fingerprint density at radius 2 is 1.15 bits per heavy atom. The Morgan fingerprint density at radius 3 is 1.66 bits per heavy atom. The fourth-order valence-electron chi connectivity index (χ4n) is 4.59. The second kappa shape index (κ2) is 11.6. The van der Waals surface area contributed by atoms with Gasteiger partial charge in [-0.05, 0) is 31.5 Å². The number of ether oxygens (including phenoxy) is 1. The Balaban J connectivity index is 1.53. The lowest BCUT2D eigenvalue weighted by molar-refractivity contribution is -0.139. The zero-order valence-electron chi connectivity index (χ0n) is 21.3. The first-order chi connectivity index (χ1) is 19.2. The van der Waals surface area contributed by atoms with Crippen LogP contribution in [-0.2, 0) is 11.3 Å². The standard InChI is InChI=1S/C27H20F10N2O2/c1-11-8-39(12(2)7-38(11)9-13-3-5-14(28)6-4-13)15(40)10-41-27-25(36)20(31)17(21(32)26(27)37)16-18(29)22(33)24(35)23(34)19(16)30/h3-6,11-12H,7-10H2,1-2H3/t11-,12+/m1/s1. The number of carbonyl (C=O) groups is 1. The second-order valence-corrected chi connectivity index (χ2v) is 9.49. The molecule has 3 aromatic carbocycles. The molecule has 1 aliphatic heterocycles. The van der Waals surface area contributed by atoms with Gasteiger partial charge in [0.05, 0.1) is 11.1 Å². The van der Waals surface area contributed by atoms with Gasteiger partial charge >= 0.3 is 0 Å². The quantitative estimate of drug-likeness (QED) is 0.192. The highest BCUT2D eigenvalue weighted by Crippen LogP contribution is 2.40. The molecule has 1 fully saturated rings. The van der Waals surface area contributed by atoms with Crippen LogP contribution in [0.25, 0.3) is 11.1 Å². The number of hydrogen-bond donors (Lipinski definition) is 0. The van der Waals surface area contributed by atoms with Gasteiger partial charge in [-0.1, -0.05) is 12.1 Å². The van der Waals surface area contributed by atoms with Crippen molar-refractivity contribution in [3.05, 3.63) is 88.0 Å². The van der Waals surface area contributed by atoms with E-state index in [2.05, 4.69) is 0 Å². The van der Waals surface area contributed by atoms with Crippen LogP contribution < -0.4 is 4.74 Å². The van der Waals surface area contributed by atoms with Gasteiger partial charge in [-0.2, -0.15) is 8.78 Å². The largest absolute Gasteiger partial charge is 0.477 e. The molecule has 0 aromatic heterocycles. The maximum Gasteiger partial charge on any atom is 0.260 e. The summed E-state index contributed by atoms with van der Waals surface area (Å²) in [6, 6.07) is 5.14. The van der Waals surface area contributed by atoms with Gasteiger partial charge in [0.25, 0.3) is 5.91 Å². The molecule has 4 nitrogen and oxygen atoms in total. The molecule has 2 atom stereocenters. The molecule has 1 aliphatic rings. The molecule has 0 spiro atoms. The van der Waals surface area contributed by atoms with Gasteiger partial charge in [-0.15, -0.1) is 0 Å². The lowest BCUT2D eigenvalue weighted by atomic mass is 10.0. The third kappa shape index (κ3) is 5.56. The maximum absolute atomic E-state index is 14.7. The third-order valence-electron chi connectivity index (χ3n) is 6.76. The van der Waals surface area contributed by atoms with Crippen LogP contribution >= 0.6 is 0 Å². The van der Waals surface area contributed by atoms with Crippen LogP contribution in [0, 0.1) is 58.2 Å². The summed E-state index contributed by atoms with van der Waals surface area (Å²) in [7, 11) is 0. The molecule has 41 heavy (non-hydrogen) atoms. The SMILES string of the molecule is C[C@@H]1CN(C(=O)COc2c(F)c(F)c(-c3c(F)c(F)c(F)c(F)c3F)c(F)c2F)[C@@H](C)CN1Cc1ccc(F)cc1. The van der Waals surface area contributed by atoms with Crippen molar-refractivity contribution >= 4 is 5.91 Å². The first kappa shape index (κ1) is 30.2. The summed E-state index contributed by atoms with van der Waals surface area (Å²) in [6.07, 6.45) is 0. The zero-order valence-corrected chi connectivity index (χ0v) is 21.3. The molecule has 1 saturated heterocycles. The topological polar surface area (TPSA) is 32.8 Å². The Kier molecular flexibility index (Phi) is 8.52. The van der Waals surface area contributed by atoms with E-state index >= 15 is 0 Å². The van der Waals surface area contributed by atoms with Gasteiger partial charge < -0.3 is 9.64 Å². The number of hydrogen-bond acceptors (Lipinski definition) is 3. The van der Waals surface area contributed by atoms with Crippen LogP contribution in [-0.4, -0.2) is 47.5 Å². The van der Waals surface area contributed by atoms with Crippen molar-refractivity contribution in [3.8, 4) is 16.9 Å². The number of rotatable bonds is 6. The molecule has 0 bridgehead atoms. The van der Waals surface area contributed by atoms with Crippen LogP contribution in [0.15, 0.2) is 24.3 Å². The highest BCUT2D eigenvalue weighted by atomic mass is 19.2. The minimum absolute atomic E-state index is 0.122. The highest BCUT2D eigenvalue weighted by molar-refractivity contribution is 5.78. The molecular formula is C27H20F10N2O2. The van der Waals surface area contributed by atoms with E-state index in [4.69, 9.17) is 4.74 Å². The molecule has 0 saturated carbocycles. The summed E-state index contributed by atoms with van der Waals surface area (Å²) in [4.78, 5) is 16.1. The van der Waals surface area contributed by atoms with Crippen molar-refractivity contribution in [3.63, 3.8) is 0 Å². The first-order valence-electron chi connectivity index (χ1n) is 12.0. The average Bonchev–Trinajstić information content (AvgIpc) is 2.94. The summed E-state index contributed by atoms with van der Waals surface area (Å²) >= 11 is 0. The lowest BCUT2D eigenvalue weighted by Crippen LogP contribution is -2.58. The van der Waals surface area contributed by atoms with Crippen molar-refractivity contribution < 1.29 is 53.4 Å². The molecule has 1 heterocycles. The molecule has 220 valence electrons. The summed E-state index contributed by atoms with van der Waals surface area (Å²) in [5.41, 5.74) is -3.60. The number of amides is 1. The molecular weight excluding hydrogens is 574 g/mol. The Bertz CT molecular complexity index is 1440. The van der Waals surface area contributed by atoms with E-state index in [-0.39, 0.29) is 12.6 Å². The minimum Gasteiger partial charge on any atom is -0.477 e. The van der Waals surface area contributed by atoms with E-state index in [1.807, 2.05) is 4.90 Å². The van der Waals surface area contributed by atoms with E-state index in [0.29, 0.717) is 13.1 Å². The first-order valence-corrected chi connectivity index (χ1v) is 12.0. The summed E-state index contributed by atoms with van der Waals surface area (Å²) in [6.45, 7) is 3.25. The summed E-state index contributed by atoms with van der Waals surface area (Å²) in [5.74, 6) is -26.0. The number of carbonyl (C=O) groups excluding carboxylic acids is 1. The van der Waals surface area contributed by atoms with E-state index < -0.39 is 93.6 Å². The number of nitrogens with zero attached hydrogens (tertiary/aromatic N) is 2. The maximum atomic E-state index is 14.7. The van der Waals surface area contributed by atoms with Crippen LogP contribution in [0.3, 0.4) is 0 Å². The fourth-order valence-corrected chi connectivity index (χ4v) is 4.59. The van der Waals surface area contributed by atoms with Crippen molar-refractivity contribution in [2.24, 2.45) is 0 Å². The molecule has 0 unspecified atom stereocenters. The van der Waals surface area contributed by atoms with E-state index in [9.17, 15) is 48.7 Å². The summed E-state index contributed by atoms with van der Waals surface area (Å²) < 4.78 is 145. The zero-order chi connectivity index (χ0) is 30.3. The molecule has 1 amide bonds. The highest BCUT2D eigenvalue weighted by Gasteiger charge is 2.36. The number of benzene rings is 3. The predicted molar refractivity (Wildman–Crippen MR) is 124 cm³/mol. The van der Waals surface area contributed by atoms with Crippen LogP contribution in [0.1, 0.15) is 19.4 Å². The lowest BCUT2D eigenvalue weighted by Gasteiger charge is -2.44. The molecule has 14 heteroatoms. The normalized spacial score (nSPS) is 17.7. The Hall–Kier alpha value is -3.81. The molecule has 4 rings (SSSR count). The average molecular weight is 594 g/mol. The molecule has 0 aliphatic carbocycles. The van der Waals surface area contributed by atoms with Crippen molar-refractivity contribution in [2.75, 3.05) is 19.7 Å². The Morgan fingerprint density at radius 1 is 0.683 bits per heavy atom. The second-order valence-electron chi connectivity index (χ2n) is 9.49. The monoisotopic (exact) mass is 594 g/mol. The van der Waals surface area contributed by atoms with Crippen LogP contribution in [0.5, 0.6) is 5.75 Å². The van der Waals surface area contributed by atoms with Gasteiger partial charge in [-0.3, -0.25) is 9.69 Å². The fraction of sp³-hybridized carbons (Fsp3) is 0.296. The van der Waals surface area contributed by atoms with Crippen molar-refractivity contribution in [2.45, 2.75) is 32.5 Å². The van der Waals surface area contributed by atoms with Crippen molar-refractivity contribution in [1.82, 2.24) is 9.80 Å². The van der Waals surface area contributed by atoms with Gasteiger partial charge in [0.1, 0.15) is 5.82 Å².